The first kappa shape index (κ1) is 22.1. The van der Waals surface area contributed by atoms with E-state index in [-0.39, 0.29) is 11.9 Å². The topological polar surface area (TPSA) is 109 Å². The number of hydrogen-bond acceptors (Lipinski definition) is 7. The van der Waals surface area contributed by atoms with E-state index in [4.69, 9.17) is 30.4 Å². The van der Waals surface area contributed by atoms with Crippen LogP contribution in [0, 0.1) is 0 Å². The molecule has 4 rings (SSSR count). The Balaban J connectivity index is 1.84. The summed E-state index contributed by atoms with van der Waals surface area (Å²) in [6.45, 7) is 0. The molecule has 1 fully saturated rings. The fourth-order valence-corrected chi connectivity index (χ4v) is 4.29. The average Bonchev–Trinajstić information content (AvgIpc) is 2.82. The molecule has 2 atom stereocenters. The van der Waals surface area contributed by atoms with E-state index in [1.54, 1.807) is 42.3 Å². The molecule has 0 aromatic heterocycles. The van der Waals surface area contributed by atoms with Crippen LogP contribution in [0.25, 0.3) is 0 Å². The molecule has 1 heterocycles. The van der Waals surface area contributed by atoms with Gasteiger partial charge in [-0.1, -0.05) is 18.2 Å². The molecule has 8 heteroatoms. The van der Waals surface area contributed by atoms with Crippen molar-refractivity contribution >= 4 is 23.0 Å². The van der Waals surface area contributed by atoms with Gasteiger partial charge in [-0.05, 0) is 35.4 Å². The average molecular weight is 450 g/mol. The third-order valence-electron chi connectivity index (χ3n) is 5.92. The van der Waals surface area contributed by atoms with Gasteiger partial charge in [-0.25, -0.2) is 0 Å². The van der Waals surface area contributed by atoms with Gasteiger partial charge in [0.1, 0.15) is 5.75 Å². The molecule has 0 radical (unpaired) electrons. The number of carbonyl (C=O) groups is 1. The van der Waals surface area contributed by atoms with Crippen LogP contribution in [0.1, 0.15) is 23.1 Å². The van der Waals surface area contributed by atoms with E-state index < -0.39 is 5.92 Å². The molecule has 1 saturated heterocycles. The second-order valence-corrected chi connectivity index (χ2v) is 7.68. The number of carbonyl (C=O) groups excluding carboxylic acids is 1. The van der Waals surface area contributed by atoms with Crippen molar-refractivity contribution < 1.29 is 23.7 Å². The van der Waals surface area contributed by atoms with Crippen molar-refractivity contribution in [1.82, 2.24) is 0 Å². The molecular formula is C25H27N3O5. The molecule has 33 heavy (non-hydrogen) atoms. The summed E-state index contributed by atoms with van der Waals surface area (Å²) in [5, 5.41) is 0. The lowest BCUT2D eigenvalue weighted by Crippen LogP contribution is -2.53. The van der Waals surface area contributed by atoms with Crippen LogP contribution in [-0.2, 0) is 4.79 Å². The SMILES string of the molecule is COc1ccc(C2C(c3ccc(N)cc3)C(=O)N2c2cc(OC)c(OC)c(OC)c2)cc1N. The quantitative estimate of drug-likeness (QED) is 0.417. The molecule has 172 valence electrons. The van der Waals surface area contributed by atoms with Crippen LogP contribution in [0.4, 0.5) is 17.1 Å². The number of ether oxygens (including phenoxy) is 4. The second-order valence-electron chi connectivity index (χ2n) is 7.68. The van der Waals surface area contributed by atoms with Crippen LogP contribution in [0.2, 0.25) is 0 Å². The van der Waals surface area contributed by atoms with Crippen molar-refractivity contribution in [3.63, 3.8) is 0 Å². The molecule has 0 spiro atoms. The van der Waals surface area contributed by atoms with Gasteiger partial charge >= 0.3 is 0 Å². The summed E-state index contributed by atoms with van der Waals surface area (Å²) in [5.74, 6) is 1.49. The summed E-state index contributed by atoms with van der Waals surface area (Å²) in [5.41, 5.74) is 15.6. The van der Waals surface area contributed by atoms with Gasteiger partial charge < -0.3 is 35.3 Å². The molecule has 1 aliphatic rings. The van der Waals surface area contributed by atoms with Gasteiger partial charge in [0.2, 0.25) is 11.7 Å². The summed E-state index contributed by atoms with van der Waals surface area (Å²) >= 11 is 0. The predicted octanol–water partition coefficient (Wildman–Crippen LogP) is 3.76. The van der Waals surface area contributed by atoms with E-state index in [1.807, 2.05) is 24.3 Å². The summed E-state index contributed by atoms with van der Waals surface area (Å²) in [7, 11) is 6.18. The minimum atomic E-state index is -0.405. The number of benzene rings is 3. The van der Waals surface area contributed by atoms with Gasteiger partial charge in [-0.2, -0.15) is 0 Å². The van der Waals surface area contributed by atoms with E-state index >= 15 is 0 Å². The third kappa shape index (κ3) is 3.73. The van der Waals surface area contributed by atoms with Crippen LogP contribution >= 0.6 is 0 Å². The molecule has 8 nitrogen and oxygen atoms in total. The van der Waals surface area contributed by atoms with Gasteiger partial charge in [-0.15, -0.1) is 0 Å². The highest BCUT2D eigenvalue weighted by molar-refractivity contribution is 6.07. The number of nitrogen functional groups attached to an aromatic ring is 2. The zero-order valence-corrected chi connectivity index (χ0v) is 19.0. The Morgan fingerprint density at radius 1 is 0.727 bits per heavy atom. The van der Waals surface area contributed by atoms with Gasteiger partial charge in [0, 0.05) is 17.8 Å². The van der Waals surface area contributed by atoms with Crippen LogP contribution in [-0.4, -0.2) is 34.3 Å². The number of β-lactam (4-membered cyclic amide) rings is 1. The highest BCUT2D eigenvalue weighted by Gasteiger charge is 2.50. The fraction of sp³-hybridized carbons (Fsp3) is 0.240. The smallest absolute Gasteiger partial charge is 0.237 e. The summed E-state index contributed by atoms with van der Waals surface area (Å²) in [6.07, 6.45) is 0. The van der Waals surface area contributed by atoms with Gasteiger partial charge in [0.15, 0.2) is 11.5 Å². The Hall–Kier alpha value is -4.07. The van der Waals surface area contributed by atoms with Crippen molar-refractivity contribution in [3.05, 3.63) is 65.7 Å². The van der Waals surface area contributed by atoms with E-state index in [0.717, 1.165) is 11.1 Å². The normalized spacial score (nSPS) is 17.3. The highest BCUT2D eigenvalue weighted by Crippen LogP contribution is 2.52. The number of rotatable bonds is 7. The lowest BCUT2D eigenvalue weighted by atomic mass is 9.77. The lowest BCUT2D eigenvalue weighted by molar-refractivity contribution is -0.126. The Labute approximate surface area is 192 Å². The van der Waals surface area contributed by atoms with Gasteiger partial charge in [0.25, 0.3) is 0 Å². The standard InChI is InChI=1S/C25H27N3O5/c1-30-19-10-7-15(11-18(19)27)23-22(14-5-8-16(26)9-6-14)25(29)28(23)17-12-20(31-2)24(33-4)21(13-17)32-3/h5-13,22-23H,26-27H2,1-4H3. The van der Waals surface area contributed by atoms with Crippen LogP contribution < -0.4 is 35.3 Å². The maximum atomic E-state index is 13.5. The van der Waals surface area contributed by atoms with E-state index in [0.29, 0.717) is 40.1 Å². The molecule has 0 aliphatic carbocycles. The predicted molar refractivity (Wildman–Crippen MR) is 127 cm³/mol. The van der Waals surface area contributed by atoms with Crippen molar-refractivity contribution in [1.29, 1.82) is 0 Å². The first-order valence-electron chi connectivity index (χ1n) is 10.3. The van der Waals surface area contributed by atoms with Crippen molar-refractivity contribution in [3.8, 4) is 23.0 Å². The van der Waals surface area contributed by atoms with Crippen LogP contribution in [0.3, 0.4) is 0 Å². The van der Waals surface area contributed by atoms with Crippen LogP contribution in [0.5, 0.6) is 23.0 Å². The molecule has 2 unspecified atom stereocenters. The maximum absolute atomic E-state index is 13.5. The Bertz CT molecular complexity index is 1150. The number of amides is 1. The molecule has 1 amide bonds. The first-order valence-corrected chi connectivity index (χ1v) is 10.3. The number of methoxy groups -OCH3 is 4. The van der Waals surface area contributed by atoms with Crippen molar-refractivity contribution in [2.75, 3.05) is 44.8 Å². The second kappa shape index (κ2) is 8.82. The maximum Gasteiger partial charge on any atom is 0.237 e. The van der Waals surface area contributed by atoms with Crippen molar-refractivity contribution in [2.45, 2.75) is 12.0 Å². The van der Waals surface area contributed by atoms with E-state index in [2.05, 4.69) is 0 Å². The molecule has 3 aromatic rings. The van der Waals surface area contributed by atoms with Crippen molar-refractivity contribution in [2.24, 2.45) is 0 Å². The molecular weight excluding hydrogens is 422 g/mol. The zero-order valence-electron chi connectivity index (χ0n) is 19.0. The molecule has 1 aliphatic heterocycles. The number of nitrogens with two attached hydrogens (primary N) is 2. The largest absolute Gasteiger partial charge is 0.495 e. The van der Waals surface area contributed by atoms with Crippen LogP contribution in [0.15, 0.2) is 54.6 Å². The summed E-state index contributed by atoms with van der Waals surface area (Å²) < 4.78 is 21.7. The highest BCUT2D eigenvalue weighted by atomic mass is 16.5. The Morgan fingerprint density at radius 2 is 1.30 bits per heavy atom. The molecule has 0 bridgehead atoms. The minimum absolute atomic E-state index is 0.0616. The monoisotopic (exact) mass is 449 g/mol. The Kier molecular flexibility index (Phi) is 5.91. The fourth-order valence-electron chi connectivity index (χ4n) is 4.29. The Morgan fingerprint density at radius 3 is 1.82 bits per heavy atom. The zero-order chi connectivity index (χ0) is 23.7. The number of hydrogen-bond donors (Lipinski definition) is 2. The molecule has 3 aromatic carbocycles. The third-order valence-corrected chi connectivity index (χ3v) is 5.92. The summed E-state index contributed by atoms with van der Waals surface area (Å²) in [6, 6.07) is 16.1. The number of anilines is 3. The van der Waals surface area contributed by atoms with Gasteiger partial charge in [0.05, 0.1) is 51.8 Å². The van der Waals surface area contributed by atoms with Gasteiger partial charge in [-0.3, -0.25) is 4.79 Å². The lowest BCUT2D eigenvalue weighted by Gasteiger charge is -2.48. The molecule has 4 N–H and O–H groups in total. The minimum Gasteiger partial charge on any atom is -0.495 e. The van der Waals surface area contributed by atoms with E-state index in [9.17, 15) is 4.79 Å². The first-order chi connectivity index (χ1) is 15.9. The molecule has 0 saturated carbocycles. The number of nitrogens with zero attached hydrogens (tertiary/aromatic N) is 1. The van der Waals surface area contributed by atoms with E-state index in [1.165, 1.54) is 21.3 Å². The summed E-state index contributed by atoms with van der Waals surface area (Å²) in [4.78, 5) is 15.2.